The number of aliphatic hydroxyl groups excluding tert-OH is 1. The number of β-amino-alcohol motifs (C(OH)–C–C–N with tert-alkyl or cyclic N) is 1. The van der Waals surface area contributed by atoms with Crippen LogP contribution in [0.5, 0.6) is 0 Å². The molecular formula is C11H21NO. The number of likely N-dealkylation sites (tertiary alicyclic amines) is 1. The Hall–Kier alpha value is -0.0800. The van der Waals surface area contributed by atoms with Crippen molar-refractivity contribution in [2.24, 2.45) is 17.8 Å². The first-order chi connectivity index (χ1) is 6.15. The van der Waals surface area contributed by atoms with Crippen LogP contribution in [0.3, 0.4) is 0 Å². The molecule has 1 saturated carbocycles. The highest BCUT2D eigenvalue weighted by Crippen LogP contribution is 2.40. The smallest absolute Gasteiger partial charge is 0.0639 e. The maximum Gasteiger partial charge on any atom is 0.0639 e. The number of aliphatic hydroxyl groups is 1. The Morgan fingerprint density at radius 3 is 2.31 bits per heavy atom. The maximum atomic E-state index is 9.29. The summed E-state index contributed by atoms with van der Waals surface area (Å²) in [6.07, 6.45) is 2.68. The van der Waals surface area contributed by atoms with E-state index in [1.54, 1.807) is 0 Å². The van der Waals surface area contributed by atoms with E-state index in [4.69, 9.17) is 0 Å². The van der Waals surface area contributed by atoms with Crippen LogP contribution >= 0.6 is 0 Å². The molecule has 1 N–H and O–H groups in total. The molecule has 0 bridgehead atoms. The minimum atomic E-state index is -0.156. The van der Waals surface area contributed by atoms with Gasteiger partial charge in [0.15, 0.2) is 0 Å². The van der Waals surface area contributed by atoms with Gasteiger partial charge in [-0.15, -0.1) is 0 Å². The number of fused-ring (bicyclic) bond motifs is 1. The highest BCUT2D eigenvalue weighted by atomic mass is 16.3. The van der Waals surface area contributed by atoms with Gasteiger partial charge in [0.2, 0.25) is 0 Å². The predicted molar refractivity (Wildman–Crippen MR) is 53.5 cm³/mol. The van der Waals surface area contributed by atoms with Crippen LogP contribution in [-0.4, -0.2) is 35.7 Å². The maximum absolute atomic E-state index is 9.29. The van der Waals surface area contributed by atoms with Gasteiger partial charge < -0.3 is 10.0 Å². The molecule has 2 rings (SSSR count). The van der Waals surface area contributed by atoms with Gasteiger partial charge in [-0.1, -0.05) is 6.92 Å². The minimum Gasteiger partial charge on any atom is -0.392 e. The Balaban J connectivity index is 1.83. The highest BCUT2D eigenvalue weighted by molar-refractivity contribution is 4.91. The summed E-state index contributed by atoms with van der Waals surface area (Å²) >= 11 is 0. The predicted octanol–water partition coefficient (Wildman–Crippen LogP) is 1.35. The molecule has 76 valence electrons. The molecule has 0 aromatic carbocycles. The van der Waals surface area contributed by atoms with E-state index < -0.39 is 0 Å². The molecule has 2 fully saturated rings. The van der Waals surface area contributed by atoms with Gasteiger partial charge in [0, 0.05) is 19.6 Å². The van der Waals surface area contributed by atoms with Crippen LogP contribution in [0.4, 0.5) is 0 Å². The third kappa shape index (κ3) is 2.05. The van der Waals surface area contributed by atoms with Crippen molar-refractivity contribution >= 4 is 0 Å². The monoisotopic (exact) mass is 183 g/mol. The summed E-state index contributed by atoms with van der Waals surface area (Å²) in [6, 6.07) is 0. The Morgan fingerprint density at radius 1 is 1.31 bits per heavy atom. The fourth-order valence-corrected chi connectivity index (χ4v) is 3.22. The average molecular weight is 183 g/mol. The number of rotatable bonds is 2. The van der Waals surface area contributed by atoms with Gasteiger partial charge >= 0.3 is 0 Å². The molecule has 1 heterocycles. The van der Waals surface area contributed by atoms with E-state index in [-0.39, 0.29) is 6.10 Å². The van der Waals surface area contributed by atoms with Crippen LogP contribution in [0.1, 0.15) is 26.7 Å². The fourth-order valence-electron chi connectivity index (χ4n) is 3.22. The molecule has 1 aliphatic heterocycles. The van der Waals surface area contributed by atoms with E-state index in [9.17, 15) is 5.11 Å². The Kier molecular flexibility index (Phi) is 2.61. The van der Waals surface area contributed by atoms with Crippen LogP contribution in [0.2, 0.25) is 0 Å². The summed E-state index contributed by atoms with van der Waals surface area (Å²) in [5.41, 5.74) is 0. The molecule has 0 spiro atoms. The number of nitrogens with zero attached hydrogens (tertiary/aromatic N) is 1. The molecule has 3 unspecified atom stereocenters. The van der Waals surface area contributed by atoms with Gasteiger partial charge in [0.05, 0.1) is 6.10 Å². The molecule has 2 heteroatoms. The zero-order chi connectivity index (χ0) is 9.42. The summed E-state index contributed by atoms with van der Waals surface area (Å²) < 4.78 is 0. The van der Waals surface area contributed by atoms with Crippen LogP contribution in [-0.2, 0) is 0 Å². The van der Waals surface area contributed by atoms with Crippen LogP contribution < -0.4 is 0 Å². The lowest BCUT2D eigenvalue weighted by molar-refractivity contribution is 0.135. The van der Waals surface area contributed by atoms with Gasteiger partial charge in [0.25, 0.3) is 0 Å². The second-order valence-corrected chi connectivity index (χ2v) is 5.16. The lowest BCUT2D eigenvalue weighted by atomic mass is 10.0. The third-order valence-electron chi connectivity index (χ3n) is 3.58. The summed E-state index contributed by atoms with van der Waals surface area (Å²) in [7, 11) is 0. The normalized spacial score (nSPS) is 42.2. The molecule has 1 aliphatic carbocycles. The van der Waals surface area contributed by atoms with Crippen molar-refractivity contribution in [2.75, 3.05) is 19.6 Å². The lowest BCUT2D eigenvalue weighted by Gasteiger charge is -2.18. The standard InChI is InChI=1S/C11H21NO/c1-8-3-10-6-12(5-9(2)13)7-11(10)4-8/h8-11,13H,3-7H2,1-2H3. The van der Waals surface area contributed by atoms with Crippen molar-refractivity contribution in [1.29, 1.82) is 0 Å². The summed E-state index contributed by atoms with van der Waals surface area (Å²) in [6.45, 7) is 7.61. The van der Waals surface area contributed by atoms with E-state index in [0.717, 1.165) is 24.3 Å². The van der Waals surface area contributed by atoms with Gasteiger partial charge in [0.1, 0.15) is 0 Å². The second-order valence-electron chi connectivity index (χ2n) is 5.16. The van der Waals surface area contributed by atoms with Crippen LogP contribution in [0.15, 0.2) is 0 Å². The summed E-state index contributed by atoms with van der Waals surface area (Å²) in [5.74, 6) is 2.83. The van der Waals surface area contributed by atoms with Gasteiger partial charge in [-0.25, -0.2) is 0 Å². The lowest BCUT2D eigenvalue weighted by Crippen LogP contribution is -2.29. The summed E-state index contributed by atoms with van der Waals surface area (Å²) in [4.78, 5) is 2.44. The van der Waals surface area contributed by atoms with E-state index >= 15 is 0 Å². The number of hydrogen-bond acceptors (Lipinski definition) is 2. The average Bonchev–Trinajstić information content (AvgIpc) is 2.41. The van der Waals surface area contributed by atoms with Gasteiger partial charge in [-0.05, 0) is 37.5 Å². The van der Waals surface area contributed by atoms with Gasteiger partial charge in [-0.2, -0.15) is 0 Å². The van der Waals surface area contributed by atoms with Crippen molar-refractivity contribution in [1.82, 2.24) is 4.90 Å². The molecule has 0 amide bonds. The van der Waals surface area contributed by atoms with Crippen molar-refractivity contribution in [2.45, 2.75) is 32.8 Å². The van der Waals surface area contributed by atoms with E-state index in [2.05, 4.69) is 11.8 Å². The first-order valence-corrected chi connectivity index (χ1v) is 5.55. The molecule has 2 aliphatic rings. The number of hydrogen-bond donors (Lipinski definition) is 1. The molecule has 1 saturated heterocycles. The molecule has 2 nitrogen and oxygen atoms in total. The quantitative estimate of drug-likeness (QED) is 0.698. The zero-order valence-electron chi connectivity index (χ0n) is 8.74. The largest absolute Gasteiger partial charge is 0.392 e. The van der Waals surface area contributed by atoms with Crippen molar-refractivity contribution < 1.29 is 5.11 Å². The van der Waals surface area contributed by atoms with Crippen molar-refractivity contribution in [3.63, 3.8) is 0 Å². The Morgan fingerprint density at radius 2 is 1.85 bits per heavy atom. The zero-order valence-corrected chi connectivity index (χ0v) is 8.74. The molecule has 0 aromatic heterocycles. The molecule has 13 heavy (non-hydrogen) atoms. The summed E-state index contributed by atoms with van der Waals surface area (Å²) in [5, 5.41) is 9.29. The van der Waals surface area contributed by atoms with Crippen molar-refractivity contribution in [3.05, 3.63) is 0 Å². The van der Waals surface area contributed by atoms with E-state index in [1.807, 2.05) is 6.92 Å². The SMILES string of the molecule is CC(O)CN1CC2CC(C)CC2C1. The van der Waals surface area contributed by atoms with Crippen LogP contribution in [0.25, 0.3) is 0 Å². The van der Waals surface area contributed by atoms with Crippen molar-refractivity contribution in [3.8, 4) is 0 Å². The van der Waals surface area contributed by atoms with E-state index in [0.29, 0.717) is 0 Å². The van der Waals surface area contributed by atoms with Gasteiger partial charge in [-0.3, -0.25) is 0 Å². The second kappa shape index (κ2) is 3.58. The van der Waals surface area contributed by atoms with E-state index in [1.165, 1.54) is 25.9 Å². The molecular weight excluding hydrogens is 162 g/mol. The van der Waals surface area contributed by atoms with Crippen LogP contribution in [0, 0.1) is 17.8 Å². The minimum absolute atomic E-state index is 0.156. The highest BCUT2D eigenvalue weighted by Gasteiger charge is 2.39. The Labute approximate surface area is 80.9 Å². The fraction of sp³-hybridized carbons (Fsp3) is 1.00. The third-order valence-corrected chi connectivity index (χ3v) is 3.58. The molecule has 0 aromatic rings. The Bertz CT molecular complexity index is 167. The molecule has 0 radical (unpaired) electrons. The first-order valence-electron chi connectivity index (χ1n) is 5.55. The first kappa shape index (κ1) is 9.47. The topological polar surface area (TPSA) is 23.5 Å². The molecule has 3 atom stereocenters.